The van der Waals surface area contributed by atoms with Gasteiger partial charge in [-0.25, -0.2) is 9.59 Å². The highest BCUT2D eigenvalue weighted by Gasteiger charge is 2.14. The third kappa shape index (κ3) is 6.44. The molecular formula is C8H13NO6. The van der Waals surface area contributed by atoms with E-state index in [0.717, 1.165) is 0 Å². The summed E-state index contributed by atoms with van der Waals surface area (Å²) in [6.45, 7) is 2.50. The average Bonchev–Trinajstić information content (AvgIpc) is 2.14. The van der Waals surface area contributed by atoms with Gasteiger partial charge < -0.3 is 14.6 Å². The van der Waals surface area contributed by atoms with E-state index < -0.39 is 30.7 Å². The number of hydrogen-bond donors (Lipinski definition) is 2. The second kappa shape index (κ2) is 6.77. The zero-order valence-corrected chi connectivity index (χ0v) is 8.48. The molecule has 0 unspecified atom stereocenters. The third-order valence-electron chi connectivity index (χ3n) is 1.33. The molecule has 0 heterocycles. The van der Waals surface area contributed by atoms with Gasteiger partial charge in [0, 0.05) is 0 Å². The maximum atomic E-state index is 10.9. The van der Waals surface area contributed by atoms with Crippen LogP contribution in [0.25, 0.3) is 0 Å². The highest BCUT2D eigenvalue weighted by atomic mass is 16.6. The summed E-state index contributed by atoms with van der Waals surface area (Å²) < 4.78 is 9.05. The second-order valence-corrected chi connectivity index (χ2v) is 2.56. The van der Waals surface area contributed by atoms with Gasteiger partial charge in [-0.3, -0.25) is 10.1 Å². The van der Waals surface area contributed by atoms with Gasteiger partial charge in [0.15, 0.2) is 6.10 Å². The van der Waals surface area contributed by atoms with Crippen molar-refractivity contribution in [3.63, 3.8) is 0 Å². The van der Waals surface area contributed by atoms with Crippen molar-refractivity contribution in [3.05, 3.63) is 0 Å². The van der Waals surface area contributed by atoms with E-state index in [1.54, 1.807) is 6.92 Å². The number of aliphatic carboxylic acids is 1. The van der Waals surface area contributed by atoms with Gasteiger partial charge in [-0.2, -0.15) is 0 Å². The summed E-state index contributed by atoms with van der Waals surface area (Å²) in [4.78, 5) is 31.9. The first-order chi connectivity index (χ1) is 6.97. The smallest absolute Gasteiger partial charge is 0.413 e. The molecule has 0 radical (unpaired) electrons. The van der Waals surface area contributed by atoms with Crippen LogP contribution in [0.3, 0.4) is 0 Å². The van der Waals surface area contributed by atoms with Gasteiger partial charge in [0.05, 0.1) is 6.61 Å². The maximum Gasteiger partial charge on any atom is 0.413 e. The van der Waals surface area contributed by atoms with Gasteiger partial charge in [0.25, 0.3) is 5.91 Å². The summed E-state index contributed by atoms with van der Waals surface area (Å²) in [5.41, 5.74) is 0. The quantitative estimate of drug-likeness (QED) is 0.661. The summed E-state index contributed by atoms with van der Waals surface area (Å²) >= 11 is 0. The van der Waals surface area contributed by atoms with Crippen LogP contribution < -0.4 is 5.32 Å². The first-order valence-corrected chi connectivity index (χ1v) is 4.28. The van der Waals surface area contributed by atoms with E-state index in [1.807, 2.05) is 5.32 Å². The van der Waals surface area contributed by atoms with Crippen molar-refractivity contribution in [1.82, 2.24) is 5.32 Å². The molecule has 0 aromatic heterocycles. The molecule has 0 aliphatic rings. The lowest BCUT2D eigenvalue weighted by Gasteiger charge is -2.07. The zero-order valence-electron chi connectivity index (χ0n) is 8.48. The van der Waals surface area contributed by atoms with Crippen molar-refractivity contribution in [2.45, 2.75) is 20.0 Å². The van der Waals surface area contributed by atoms with E-state index in [9.17, 15) is 14.4 Å². The lowest BCUT2D eigenvalue weighted by atomic mass is 10.4. The predicted octanol–water partition coefficient (Wildman–Crippen LogP) is -0.251. The molecule has 0 aliphatic carbocycles. The van der Waals surface area contributed by atoms with Crippen LogP contribution in [-0.2, 0) is 19.1 Å². The minimum absolute atomic E-state index is 0.144. The Balaban J connectivity index is 3.75. The highest BCUT2D eigenvalue weighted by molar-refractivity contribution is 5.92. The van der Waals surface area contributed by atoms with Gasteiger partial charge in [-0.15, -0.1) is 0 Å². The molecule has 7 heteroatoms. The number of amides is 2. The van der Waals surface area contributed by atoms with Crippen LogP contribution in [-0.4, -0.2) is 42.4 Å². The van der Waals surface area contributed by atoms with Crippen LogP contribution in [0.5, 0.6) is 0 Å². The first-order valence-electron chi connectivity index (χ1n) is 4.28. The van der Waals surface area contributed by atoms with E-state index in [2.05, 4.69) is 9.47 Å². The van der Waals surface area contributed by atoms with Gasteiger partial charge in [-0.05, 0) is 13.8 Å². The largest absolute Gasteiger partial charge is 0.479 e. The molecule has 0 aliphatic heterocycles. The first kappa shape index (κ1) is 13.4. The van der Waals surface area contributed by atoms with E-state index in [0.29, 0.717) is 0 Å². The molecule has 0 saturated heterocycles. The van der Waals surface area contributed by atoms with Crippen LogP contribution in [0.2, 0.25) is 0 Å². The van der Waals surface area contributed by atoms with Gasteiger partial charge in [0.2, 0.25) is 0 Å². The standard InChI is InChI=1S/C8H13NO6/c1-3-14-8(13)9-6(10)4-15-5(2)7(11)12/h5H,3-4H2,1-2H3,(H,11,12)(H,9,10,13)/t5-/m0/s1. The molecule has 2 amide bonds. The number of carboxylic acids is 1. The van der Waals surface area contributed by atoms with Crippen LogP contribution in [0.4, 0.5) is 4.79 Å². The lowest BCUT2D eigenvalue weighted by molar-refractivity contribution is -0.150. The lowest BCUT2D eigenvalue weighted by Crippen LogP contribution is -2.35. The Hall–Kier alpha value is -1.63. The summed E-state index contributed by atoms with van der Waals surface area (Å²) in [6.07, 6.45) is -1.98. The normalized spacial score (nSPS) is 11.6. The number of carbonyl (C=O) groups is 3. The average molecular weight is 219 g/mol. The van der Waals surface area contributed by atoms with E-state index >= 15 is 0 Å². The topological polar surface area (TPSA) is 102 Å². The number of carbonyl (C=O) groups excluding carboxylic acids is 2. The number of alkyl carbamates (subject to hydrolysis) is 1. The summed E-state index contributed by atoms with van der Waals surface area (Å²) in [5.74, 6) is -1.93. The highest BCUT2D eigenvalue weighted by Crippen LogP contribution is 1.89. The van der Waals surface area contributed by atoms with Crippen molar-refractivity contribution < 1.29 is 29.0 Å². The van der Waals surface area contributed by atoms with Crippen molar-refractivity contribution in [2.75, 3.05) is 13.2 Å². The van der Waals surface area contributed by atoms with E-state index in [-0.39, 0.29) is 6.61 Å². The second-order valence-electron chi connectivity index (χ2n) is 2.56. The van der Waals surface area contributed by atoms with Crippen molar-refractivity contribution in [2.24, 2.45) is 0 Å². The molecule has 0 fully saturated rings. The SMILES string of the molecule is CCOC(=O)NC(=O)CO[C@@H](C)C(=O)O. The van der Waals surface area contributed by atoms with Gasteiger partial charge >= 0.3 is 12.1 Å². The van der Waals surface area contributed by atoms with Gasteiger partial charge in [-0.1, -0.05) is 0 Å². The monoisotopic (exact) mass is 219 g/mol. The van der Waals surface area contributed by atoms with Crippen molar-refractivity contribution >= 4 is 18.0 Å². The van der Waals surface area contributed by atoms with Crippen LogP contribution in [0, 0.1) is 0 Å². The Labute approximate surface area is 86.3 Å². The zero-order chi connectivity index (χ0) is 11.8. The van der Waals surface area contributed by atoms with Crippen molar-refractivity contribution in [1.29, 1.82) is 0 Å². The summed E-state index contributed by atoms with van der Waals surface area (Å²) in [7, 11) is 0. The third-order valence-corrected chi connectivity index (χ3v) is 1.33. The van der Waals surface area contributed by atoms with E-state index in [4.69, 9.17) is 5.11 Å². The van der Waals surface area contributed by atoms with E-state index in [1.165, 1.54) is 6.92 Å². The number of nitrogens with one attached hydrogen (secondary N) is 1. The molecule has 0 rings (SSSR count). The molecule has 0 aromatic rings. The fraction of sp³-hybridized carbons (Fsp3) is 0.625. The number of carboxylic acid groups (broad SMARTS) is 1. The Morgan fingerprint density at radius 2 is 2.00 bits per heavy atom. The minimum atomic E-state index is -1.18. The number of hydrogen-bond acceptors (Lipinski definition) is 5. The number of imide groups is 1. The maximum absolute atomic E-state index is 10.9. The Kier molecular flexibility index (Phi) is 6.03. The fourth-order valence-corrected chi connectivity index (χ4v) is 0.589. The molecule has 86 valence electrons. The number of rotatable bonds is 5. The molecule has 0 bridgehead atoms. The Morgan fingerprint density at radius 1 is 1.40 bits per heavy atom. The molecule has 1 atom stereocenters. The summed E-state index contributed by atoms with van der Waals surface area (Å²) in [6, 6.07) is 0. The Bertz CT molecular complexity index is 252. The number of ether oxygens (including phenoxy) is 2. The van der Waals surface area contributed by atoms with Crippen LogP contribution in [0.15, 0.2) is 0 Å². The van der Waals surface area contributed by atoms with Crippen LogP contribution in [0.1, 0.15) is 13.8 Å². The Morgan fingerprint density at radius 3 is 2.47 bits per heavy atom. The molecule has 15 heavy (non-hydrogen) atoms. The van der Waals surface area contributed by atoms with Crippen molar-refractivity contribution in [3.8, 4) is 0 Å². The molecular weight excluding hydrogens is 206 g/mol. The molecule has 0 saturated carbocycles. The fourth-order valence-electron chi connectivity index (χ4n) is 0.589. The predicted molar refractivity (Wildman–Crippen MR) is 48.2 cm³/mol. The molecule has 0 spiro atoms. The summed E-state index contributed by atoms with van der Waals surface area (Å²) in [5, 5.41) is 10.3. The minimum Gasteiger partial charge on any atom is -0.479 e. The van der Waals surface area contributed by atoms with Gasteiger partial charge in [0.1, 0.15) is 6.61 Å². The van der Waals surface area contributed by atoms with Crippen LogP contribution >= 0.6 is 0 Å². The molecule has 0 aromatic carbocycles. The molecule has 7 nitrogen and oxygen atoms in total. The molecule has 2 N–H and O–H groups in total.